The van der Waals surface area contributed by atoms with Gasteiger partial charge in [0.15, 0.2) is 0 Å². The van der Waals surface area contributed by atoms with Crippen LogP contribution in [0.15, 0.2) is 30.3 Å². The predicted octanol–water partition coefficient (Wildman–Crippen LogP) is 5.24. The van der Waals surface area contributed by atoms with E-state index in [-0.39, 0.29) is 12.1 Å². The first-order valence-corrected chi connectivity index (χ1v) is 10.3. The number of hydrogen-bond donors (Lipinski definition) is 0. The quantitative estimate of drug-likeness (QED) is 0.638. The van der Waals surface area contributed by atoms with Crippen molar-refractivity contribution in [1.29, 1.82) is 0 Å². The average molecular weight is 392 g/mol. The minimum absolute atomic E-state index is 0.0161. The highest BCUT2D eigenvalue weighted by atomic mass is 16.6. The molecular weight excluding hydrogens is 354 g/mol. The topological polar surface area (TPSA) is 48.0 Å². The van der Waals surface area contributed by atoms with Crippen LogP contribution in [0.2, 0.25) is 0 Å². The standard InChI is InChI=1S/C23H37NO4/c1-17(2)19(15-26-14-18-11-9-8-10-12-18)13-20-16-27-23(6,7)24(20)21(25)28-22(3,4)5/h8-12,17,19-20H,13-16H2,1-7H3/t19-,20+/m1/s1. The molecule has 5 nitrogen and oxygen atoms in total. The maximum absolute atomic E-state index is 12.8. The molecule has 1 aromatic carbocycles. The molecule has 2 rings (SSSR count). The average Bonchev–Trinajstić information content (AvgIpc) is 2.87. The zero-order chi connectivity index (χ0) is 20.9. The van der Waals surface area contributed by atoms with Crippen LogP contribution in [0.3, 0.4) is 0 Å². The summed E-state index contributed by atoms with van der Waals surface area (Å²) in [5, 5.41) is 0. The van der Waals surface area contributed by atoms with Crippen LogP contribution in [0.5, 0.6) is 0 Å². The Kier molecular flexibility index (Phi) is 7.52. The SMILES string of the molecule is CC(C)[C@@H](COCc1ccccc1)C[C@H]1COC(C)(C)N1C(=O)OC(C)(C)C. The molecule has 1 heterocycles. The molecule has 5 heteroatoms. The molecule has 0 saturated carbocycles. The summed E-state index contributed by atoms with van der Waals surface area (Å²) in [4.78, 5) is 14.6. The van der Waals surface area contributed by atoms with Crippen LogP contribution in [0, 0.1) is 11.8 Å². The highest BCUT2D eigenvalue weighted by molar-refractivity contribution is 5.69. The molecule has 1 fully saturated rings. The van der Waals surface area contributed by atoms with Gasteiger partial charge in [0.25, 0.3) is 0 Å². The molecule has 0 spiro atoms. The van der Waals surface area contributed by atoms with E-state index in [1.165, 1.54) is 5.56 Å². The summed E-state index contributed by atoms with van der Waals surface area (Å²) in [6, 6.07) is 10.2. The zero-order valence-corrected chi connectivity index (χ0v) is 18.5. The summed E-state index contributed by atoms with van der Waals surface area (Å²) in [5.41, 5.74) is -0.0265. The van der Waals surface area contributed by atoms with Gasteiger partial charge in [0.05, 0.1) is 25.9 Å². The van der Waals surface area contributed by atoms with Crippen LogP contribution in [0.4, 0.5) is 4.79 Å². The Bertz CT molecular complexity index is 621. The van der Waals surface area contributed by atoms with Crippen LogP contribution in [-0.4, -0.2) is 41.6 Å². The minimum atomic E-state index is -0.667. The molecule has 2 atom stereocenters. The molecule has 0 unspecified atom stereocenters. The van der Waals surface area contributed by atoms with Crippen LogP contribution in [0.1, 0.15) is 60.5 Å². The highest BCUT2D eigenvalue weighted by Crippen LogP contribution is 2.33. The lowest BCUT2D eigenvalue weighted by Crippen LogP contribution is -2.50. The van der Waals surface area contributed by atoms with Gasteiger partial charge >= 0.3 is 6.09 Å². The van der Waals surface area contributed by atoms with Gasteiger partial charge in [-0.15, -0.1) is 0 Å². The Hall–Kier alpha value is -1.59. The number of amides is 1. The summed E-state index contributed by atoms with van der Waals surface area (Å²) in [7, 11) is 0. The molecule has 0 aliphatic carbocycles. The van der Waals surface area contributed by atoms with E-state index in [1.54, 1.807) is 4.90 Å². The molecule has 0 aromatic heterocycles. The van der Waals surface area contributed by atoms with Crippen molar-refractivity contribution in [3.8, 4) is 0 Å². The van der Waals surface area contributed by atoms with E-state index in [0.29, 0.717) is 31.7 Å². The minimum Gasteiger partial charge on any atom is -0.444 e. The molecule has 0 radical (unpaired) electrons. The third-order valence-electron chi connectivity index (χ3n) is 5.13. The van der Waals surface area contributed by atoms with Crippen molar-refractivity contribution in [2.24, 2.45) is 11.8 Å². The maximum atomic E-state index is 12.8. The van der Waals surface area contributed by atoms with Crippen LogP contribution >= 0.6 is 0 Å². The fraction of sp³-hybridized carbons (Fsp3) is 0.696. The number of carbonyl (C=O) groups excluding carboxylic acids is 1. The number of carbonyl (C=O) groups is 1. The number of benzene rings is 1. The van der Waals surface area contributed by atoms with Crippen LogP contribution in [0.25, 0.3) is 0 Å². The molecule has 158 valence electrons. The first-order chi connectivity index (χ1) is 13.0. The van der Waals surface area contributed by atoms with Gasteiger partial charge in [-0.3, -0.25) is 4.90 Å². The molecule has 0 N–H and O–H groups in total. The lowest BCUT2D eigenvalue weighted by Gasteiger charge is -2.36. The van der Waals surface area contributed by atoms with Gasteiger partial charge in [-0.05, 0) is 58.4 Å². The van der Waals surface area contributed by atoms with Crippen molar-refractivity contribution < 1.29 is 19.0 Å². The number of rotatable bonds is 7. The monoisotopic (exact) mass is 391 g/mol. The second-order valence-electron chi connectivity index (χ2n) is 9.50. The maximum Gasteiger partial charge on any atom is 0.412 e. The fourth-order valence-corrected chi connectivity index (χ4v) is 3.52. The predicted molar refractivity (Wildman–Crippen MR) is 111 cm³/mol. The summed E-state index contributed by atoms with van der Waals surface area (Å²) in [6.45, 7) is 15.7. The number of ether oxygens (including phenoxy) is 3. The Morgan fingerprint density at radius 3 is 2.46 bits per heavy atom. The molecule has 1 saturated heterocycles. The van der Waals surface area contributed by atoms with Crippen molar-refractivity contribution in [2.75, 3.05) is 13.2 Å². The van der Waals surface area contributed by atoms with Gasteiger partial charge in [0, 0.05) is 0 Å². The summed E-state index contributed by atoms with van der Waals surface area (Å²) < 4.78 is 17.6. The Balaban J connectivity index is 2.00. The first-order valence-electron chi connectivity index (χ1n) is 10.3. The second kappa shape index (κ2) is 9.27. The summed E-state index contributed by atoms with van der Waals surface area (Å²) in [6.07, 6.45) is 0.516. The third-order valence-corrected chi connectivity index (χ3v) is 5.13. The molecule has 0 bridgehead atoms. The highest BCUT2D eigenvalue weighted by Gasteiger charge is 2.46. The summed E-state index contributed by atoms with van der Waals surface area (Å²) in [5.74, 6) is 0.774. The van der Waals surface area contributed by atoms with Crippen molar-refractivity contribution >= 4 is 6.09 Å². The van der Waals surface area contributed by atoms with Gasteiger partial charge in [-0.25, -0.2) is 4.79 Å². The van der Waals surface area contributed by atoms with E-state index >= 15 is 0 Å². The van der Waals surface area contributed by atoms with Crippen molar-refractivity contribution in [3.63, 3.8) is 0 Å². The largest absolute Gasteiger partial charge is 0.444 e. The second-order valence-corrected chi connectivity index (χ2v) is 9.50. The molecule has 1 amide bonds. The number of hydrogen-bond acceptors (Lipinski definition) is 4. The molecular formula is C23H37NO4. The van der Waals surface area contributed by atoms with E-state index in [4.69, 9.17) is 14.2 Å². The van der Waals surface area contributed by atoms with E-state index in [2.05, 4.69) is 26.0 Å². The van der Waals surface area contributed by atoms with E-state index in [9.17, 15) is 4.79 Å². The van der Waals surface area contributed by atoms with E-state index < -0.39 is 11.3 Å². The zero-order valence-electron chi connectivity index (χ0n) is 18.5. The lowest BCUT2D eigenvalue weighted by molar-refractivity contribution is -0.0638. The molecule has 1 aliphatic heterocycles. The Labute approximate surface area is 170 Å². The Morgan fingerprint density at radius 1 is 1.25 bits per heavy atom. The molecule has 1 aromatic rings. The fourth-order valence-electron chi connectivity index (χ4n) is 3.52. The van der Waals surface area contributed by atoms with Gasteiger partial charge in [0.1, 0.15) is 11.3 Å². The third kappa shape index (κ3) is 6.49. The van der Waals surface area contributed by atoms with Crippen LogP contribution in [-0.2, 0) is 20.8 Å². The summed E-state index contributed by atoms with van der Waals surface area (Å²) >= 11 is 0. The van der Waals surface area contributed by atoms with Gasteiger partial charge < -0.3 is 14.2 Å². The smallest absolute Gasteiger partial charge is 0.412 e. The Morgan fingerprint density at radius 2 is 1.89 bits per heavy atom. The van der Waals surface area contributed by atoms with Gasteiger partial charge in [-0.1, -0.05) is 44.2 Å². The number of nitrogens with zero attached hydrogens (tertiary/aromatic N) is 1. The first kappa shape index (κ1) is 22.7. The molecule has 1 aliphatic rings. The van der Waals surface area contributed by atoms with E-state index in [1.807, 2.05) is 52.8 Å². The van der Waals surface area contributed by atoms with Crippen LogP contribution < -0.4 is 0 Å². The molecule has 28 heavy (non-hydrogen) atoms. The van der Waals surface area contributed by atoms with E-state index in [0.717, 1.165) is 6.42 Å². The van der Waals surface area contributed by atoms with Gasteiger partial charge in [0.2, 0.25) is 0 Å². The van der Waals surface area contributed by atoms with Crippen molar-refractivity contribution in [2.45, 2.75) is 78.9 Å². The van der Waals surface area contributed by atoms with Crippen molar-refractivity contribution in [1.82, 2.24) is 4.90 Å². The lowest BCUT2D eigenvalue weighted by atomic mass is 9.89. The normalized spacial score (nSPS) is 20.4. The van der Waals surface area contributed by atoms with Gasteiger partial charge in [-0.2, -0.15) is 0 Å². The van der Waals surface area contributed by atoms with Crippen molar-refractivity contribution in [3.05, 3.63) is 35.9 Å².